The third kappa shape index (κ3) is 2.46. The average Bonchev–Trinajstić information content (AvgIpc) is 3.06. The number of aromatic nitrogens is 2. The highest BCUT2D eigenvalue weighted by Gasteiger charge is 2.20. The highest BCUT2D eigenvalue weighted by Crippen LogP contribution is 2.34. The molecular weight excluding hydrogens is 362 g/mol. The lowest BCUT2D eigenvalue weighted by Crippen LogP contribution is -2.14. The molecule has 0 spiro atoms. The second-order valence-corrected chi connectivity index (χ2v) is 7.41. The van der Waals surface area contributed by atoms with E-state index < -0.39 is 0 Å². The summed E-state index contributed by atoms with van der Waals surface area (Å²) in [5, 5.41) is 4.09. The molecule has 0 fully saturated rings. The van der Waals surface area contributed by atoms with E-state index in [1.165, 1.54) is 10.4 Å². The van der Waals surface area contributed by atoms with Gasteiger partial charge in [0.1, 0.15) is 10.7 Å². The predicted molar refractivity (Wildman–Crippen MR) is 93.7 cm³/mol. The second kappa shape index (κ2) is 5.52. The topological polar surface area (TPSA) is 57.8 Å². The van der Waals surface area contributed by atoms with Crippen molar-refractivity contribution in [2.75, 3.05) is 5.32 Å². The van der Waals surface area contributed by atoms with Crippen molar-refractivity contribution in [1.82, 2.24) is 9.97 Å². The molecule has 0 atom stereocenters. The first-order valence-electron chi connectivity index (χ1n) is 7.23. The second-order valence-electron chi connectivity index (χ2n) is 5.41. The lowest BCUT2D eigenvalue weighted by Gasteiger charge is -2.06. The number of hydrogen-bond donors (Lipinski definition) is 2. The van der Waals surface area contributed by atoms with E-state index in [2.05, 4.69) is 31.2 Å². The summed E-state index contributed by atoms with van der Waals surface area (Å²) < 4.78 is 1.04. The Hall–Kier alpha value is -1.66. The van der Waals surface area contributed by atoms with Crippen LogP contribution in [-0.2, 0) is 19.4 Å². The van der Waals surface area contributed by atoms with Gasteiger partial charge in [0.25, 0.3) is 5.56 Å². The summed E-state index contributed by atoms with van der Waals surface area (Å²) in [6.07, 6.45) is 3.25. The monoisotopic (exact) mass is 375 g/mol. The molecule has 2 heterocycles. The van der Waals surface area contributed by atoms with E-state index in [0.717, 1.165) is 39.6 Å². The van der Waals surface area contributed by atoms with E-state index in [-0.39, 0.29) is 5.56 Å². The maximum Gasteiger partial charge on any atom is 0.259 e. The fourth-order valence-electron chi connectivity index (χ4n) is 2.88. The molecule has 0 saturated heterocycles. The van der Waals surface area contributed by atoms with E-state index in [9.17, 15) is 4.79 Å². The largest absolute Gasteiger partial charge is 0.378 e. The van der Waals surface area contributed by atoms with Crippen molar-refractivity contribution in [2.45, 2.75) is 25.8 Å². The van der Waals surface area contributed by atoms with E-state index in [4.69, 9.17) is 0 Å². The van der Waals surface area contributed by atoms with Gasteiger partial charge in [0.2, 0.25) is 0 Å². The number of hydrogen-bond acceptors (Lipinski definition) is 4. The van der Waals surface area contributed by atoms with Gasteiger partial charge in [0.05, 0.1) is 11.9 Å². The standard InChI is InChI=1S/C16H14BrN3OS/c17-9-4-6-10(7-5-9)18-8-13-19-15(21)14-11-2-1-3-12(11)22-16(14)20-13/h4-7,18H,1-3,8H2,(H,19,20,21). The summed E-state index contributed by atoms with van der Waals surface area (Å²) in [7, 11) is 0. The van der Waals surface area contributed by atoms with E-state index in [0.29, 0.717) is 12.4 Å². The Labute approximate surface area is 139 Å². The van der Waals surface area contributed by atoms with Crippen molar-refractivity contribution in [3.8, 4) is 0 Å². The van der Waals surface area contributed by atoms with Crippen LogP contribution in [0.5, 0.6) is 0 Å². The number of H-pyrrole nitrogens is 1. The summed E-state index contributed by atoms with van der Waals surface area (Å²) >= 11 is 5.09. The van der Waals surface area contributed by atoms with Crippen LogP contribution in [0.2, 0.25) is 0 Å². The summed E-state index contributed by atoms with van der Waals surface area (Å²) in [5.74, 6) is 0.681. The van der Waals surface area contributed by atoms with Crippen LogP contribution >= 0.6 is 27.3 Å². The lowest BCUT2D eigenvalue weighted by atomic mass is 10.2. The average molecular weight is 376 g/mol. The summed E-state index contributed by atoms with van der Waals surface area (Å²) in [6.45, 7) is 0.509. The molecule has 0 aliphatic heterocycles. The van der Waals surface area contributed by atoms with Crippen molar-refractivity contribution in [3.63, 3.8) is 0 Å². The van der Waals surface area contributed by atoms with Crippen LogP contribution in [0, 0.1) is 0 Å². The van der Waals surface area contributed by atoms with Crippen LogP contribution in [0.25, 0.3) is 10.2 Å². The molecule has 0 saturated carbocycles. The number of nitrogens with one attached hydrogen (secondary N) is 2. The highest BCUT2D eigenvalue weighted by atomic mass is 79.9. The minimum Gasteiger partial charge on any atom is -0.378 e. The van der Waals surface area contributed by atoms with Gasteiger partial charge in [0.15, 0.2) is 0 Å². The molecule has 4 rings (SSSR count). The zero-order valence-corrected chi connectivity index (χ0v) is 14.2. The van der Waals surface area contributed by atoms with Gasteiger partial charge in [-0.1, -0.05) is 15.9 Å². The summed E-state index contributed by atoms with van der Waals surface area (Å²) in [4.78, 5) is 22.1. The van der Waals surface area contributed by atoms with Gasteiger partial charge in [-0.05, 0) is 49.1 Å². The Balaban J connectivity index is 1.63. The van der Waals surface area contributed by atoms with Crippen LogP contribution in [0.15, 0.2) is 33.5 Å². The zero-order chi connectivity index (χ0) is 15.1. The molecular formula is C16H14BrN3OS. The molecule has 22 heavy (non-hydrogen) atoms. The molecule has 6 heteroatoms. The van der Waals surface area contributed by atoms with Gasteiger partial charge in [-0.3, -0.25) is 4.79 Å². The van der Waals surface area contributed by atoms with Gasteiger partial charge in [-0.25, -0.2) is 4.98 Å². The molecule has 1 aliphatic carbocycles. The van der Waals surface area contributed by atoms with Crippen LogP contribution in [-0.4, -0.2) is 9.97 Å². The first kappa shape index (κ1) is 14.0. The Morgan fingerprint density at radius 2 is 2.09 bits per heavy atom. The van der Waals surface area contributed by atoms with Gasteiger partial charge in [-0.15, -0.1) is 11.3 Å². The van der Waals surface area contributed by atoms with Crippen molar-refractivity contribution in [3.05, 3.63) is 55.4 Å². The van der Waals surface area contributed by atoms with Crippen molar-refractivity contribution < 1.29 is 0 Å². The number of aryl methyl sites for hydroxylation is 2. The fraction of sp³-hybridized carbons (Fsp3) is 0.250. The number of thiophene rings is 1. The number of halogens is 1. The van der Waals surface area contributed by atoms with Crippen LogP contribution in [0.3, 0.4) is 0 Å². The van der Waals surface area contributed by atoms with Gasteiger partial charge >= 0.3 is 0 Å². The first-order chi connectivity index (χ1) is 10.7. The third-order valence-corrected chi connectivity index (χ3v) is 5.64. The van der Waals surface area contributed by atoms with E-state index in [1.54, 1.807) is 11.3 Å². The van der Waals surface area contributed by atoms with Gasteiger partial charge in [0, 0.05) is 15.0 Å². The molecule has 1 aliphatic rings. The van der Waals surface area contributed by atoms with Gasteiger partial charge in [-0.2, -0.15) is 0 Å². The molecule has 0 bridgehead atoms. The van der Waals surface area contributed by atoms with E-state index >= 15 is 0 Å². The number of aromatic amines is 1. The number of anilines is 1. The fourth-order valence-corrected chi connectivity index (χ4v) is 4.43. The molecule has 0 amide bonds. The molecule has 2 N–H and O–H groups in total. The predicted octanol–water partition coefficient (Wildman–Crippen LogP) is 3.85. The lowest BCUT2D eigenvalue weighted by molar-refractivity contribution is 0.913. The number of rotatable bonds is 3. The number of benzene rings is 1. The molecule has 112 valence electrons. The molecule has 3 aromatic rings. The Morgan fingerprint density at radius 1 is 1.27 bits per heavy atom. The number of nitrogens with zero attached hydrogens (tertiary/aromatic N) is 1. The van der Waals surface area contributed by atoms with Crippen LogP contribution < -0.4 is 10.9 Å². The minimum atomic E-state index is -0.00277. The van der Waals surface area contributed by atoms with Crippen LogP contribution in [0.1, 0.15) is 22.7 Å². The maximum atomic E-state index is 12.4. The zero-order valence-electron chi connectivity index (χ0n) is 11.8. The molecule has 0 unspecified atom stereocenters. The normalized spacial score (nSPS) is 13.5. The Kier molecular flexibility index (Phi) is 3.50. The van der Waals surface area contributed by atoms with E-state index in [1.807, 2.05) is 24.3 Å². The molecule has 4 nitrogen and oxygen atoms in total. The Bertz CT molecular complexity index is 898. The maximum absolute atomic E-state index is 12.4. The third-order valence-electron chi connectivity index (χ3n) is 3.93. The number of fused-ring (bicyclic) bond motifs is 3. The summed E-state index contributed by atoms with van der Waals surface area (Å²) in [6, 6.07) is 7.93. The first-order valence-corrected chi connectivity index (χ1v) is 8.84. The smallest absolute Gasteiger partial charge is 0.259 e. The molecule has 2 aromatic heterocycles. The van der Waals surface area contributed by atoms with Crippen molar-refractivity contribution >= 4 is 43.2 Å². The van der Waals surface area contributed by atoms with Crippen molar-refractivity contribution in [1.29, 1.82) is 0 Å². The Morgan fingerprint density at radius 3 is 2.91 bits per heavy atom. The van der Waals surface area contributed by atoms with Crippen molar-refractivity contribution in [2.24, 2.45) is 0 Å². The summed E-state index contributed by atoms with van der Waals surface area (Å²) in [5.41, 5.74) is 2.22. The molecule has 0 radical (unpaired) electrons. The van der Waals surface area contributed by atoms with Crippen LogP contribution in [0.4, 0.5) is 5.69 Å². The van der Waals surface area contributed by atoms with Gasteiger partial charge < -0.3 is 10.3 Å². The minimum absolute atomic E-state index is 0.00277. The molecule has 1 aromatic carbocycles. The quantitative estimate of drug-likeness (QED) is 0.730. The SMILES string of the molecule is O=c1[nH]c(CNc2ccc(Br)cc2)nc2sc3c(c12)CCC3. The highest BCUT2D eigenvalue weighted by molar-refractivity contribution is 9.10.